The highest BCUT2D eigenvalue weighted by Gasteiger charge is 2.34. The number of nitrogens with one attached hydrogen (secondary N) is 1. The van der Waals surface area contributed by atoms with Crippen LogP contribution in [0, 0.1) is 5.92 Å². The average Bonchev–Trinajstić information content (AvgIpc) is 3.08. The fraction of sp³-hybridized carbons (Fsp3) is 0.714. The summed E-state index contributed by atoms with van der Waals surface area (Å²) in [5.41, 5.74) is 5.81. The topological polar surface area (TPSA) is 67.1 Å². The molecule has 19 heavy (non-hydrogen) atoms. The standard InChI is InChI=1S/C14H23N5/c1-16-12-9-13(18-14(15)17-12)19-8-4-7-11(19)10-5-2-3-6-10/h9-11H,2-8H2,1H3,(H3,15,16,17,18). The van der Waals surface area contributed by atoms with E-state index < -0.39 is 0 Å². The van der Waals surface area contributed by atoms with E-state index in [1.54, 1.807) is 0 Å². The minimum atomic E-state index is 0.360. The lowest BCUT2D eigenvalue weighted by Crippen LogP contribution is -2.35. The van der Waals surface area contributed by atoms with E-state index in [1.165, 1.54) is 38.5 Å². The van der Waals surface area contributed by atoms with Crippen LogP contribution >= 0.6 is 0 Å². The summed E-state index contributed by atoms with van der Waals surface area (Å²) in [6.45, 7) is 1.10. The van der Waals surface area contributed by atoms with Gasteiger partial charge in [-0.3, -0.25) is 0 Å². The molecule has 1 saturated heterocycles. The molecule has 0 radical (unpaired) electrons. The Kier molecular flexibility index (Phi) is 3.44. The van der Waals surface area contributed by atoms with E-state index in [0.717, 1.165) is 24.1 Å². The molecule has 2 aliphatic rings. The van der Waals surface area contributed by atoms with Crippen molar-refractivity contribution in [1.82, 2.24) is 9.97 Å². The first kappa shape index (κ1) is 12.5. The first-order valence-corrected chi connectivity index (χ1v) is 7.37. The Bertz CT molecular complexity index is 441. The third-order valence-electron chi connectivity index (χ3n) is 4.52. The maximum absolute atomic E-state index is 5.81. The number of hydrogen-bond acceptors (Lipinski definition) is 5. The van der Waals surface area contributed by atoms with Gasteiger partial charge in [0.05, 0.1) is 0 Å². The highest BCUT2D eigenvalue weighted by Crippen LogP contribution is 2.37. The van der Waals surface area contributed by atoms with Gasteiger partial charge < -0.3 is 16.0 Å². The SMILES string of the molecule is CNc1cc(N2CCCC2C2CCCC2)nc(N)n1. The molecule has 0 bridgehead atoms. The van der Waals surface area contributed by atoms with E-state index in [2.05, 4.69) is 20.2 Å². The van der Waals surface area contributed by atoms with Gasteiger partial charge in [0.25, 0.3) is 0 Å². The van der Waals surface area contributed by atoms with Crippen molar-refractivity contribution in [3.8, 4) is 0 Å². The number of aromatic nitrogens is 2. The number of rotatable bonds is 3. The Balaban J connectivity index is 1.85. The molecule has 1 aromatic heterocycles. The van der Waals surface area contributed by atoms with Crippen molar-refractivity contribution in [1.29, 1.82) is 0 Å². The molecule has 3 rings (SSSR count). The van der Waals surface area contributed by atoms with E-state index in [9.17, 15) is 0 Å². The molecule has 1 saturated carbocycles. The fourth-order valence-electron chi connectivity index (χ4n) is 3.64. The van der Waals surface area contributed by atoms with Crippen LogP contribution in [0.25, 0.3) is 0 Å². The van der Waals surface area contributed by atoms with Gasteiger partial charge in [0.1, 0.15) is 11.6 Å². The molecule has 104 valence electrons. The molecule has 1 aromatic rings. The molecule has 5 nitrogen and oxygen atoms in total. The van der Waals surface area contributed by atoms with Gasteiger partial charge in [0.2, 0.25) is 5.95 Å². The molecule has 1 unspecified atom stereocenters. The van der Waals surface area contributed by atoms with Gasteiger partial charge in [-0.15, -0.1) is 0 Å². The van der Waals surface area contributed by atoms with Gasteiger partial charge >= 0.3 is 0 Å². The van der Waals surface area contributed by atoms with E-state index in [4.69, 9.17) is 5.73 Å². The molecule has 1 aliphatic heterocycles. The largest absolute Gasteiger partial charge is 0.373 e. The summed E-state index contributed by atoms with van der Waals surface area (Å²) >= 11 is 0. The predicted molar refractivity (Wildman–Crippen MR) is 78.3 cm³/mol. The van der Waals surface area contributed by atoms with Crippen molar-refractivity contribution in [2.45, 2.75) is 44.6 Å². The van der Waals surface area contributed by atoms with Gasteiger partial charge in [0.15, 0.2) is 0 Å². The van der Waals surface area contributed by atoms with Crippen molar-refractivity contribution in [2.24, 2.45) is 5.92 Å². The summed E-state index contributed by atoms with van der Waals surface area (Å²) < 4.78 is 0. The van der Waals surface area contributed by atoms with Crippen molar-refractivity contribution < 1.29 is 0 Å². The molecular weight excluding hydrogens is 238 g/mol. The Hall–Kier alpha value is -1.52. The zero-order chi connectivity index (χ0) is 13.2. The second-order valence-corrected chi connectivity index (χ2v) is 5.67. The fourth-order valence-corrected chi connectivity index (χ4v) is 3.64. The van der Waals surface area contributed by atoms with Gasteiger partial charge in [-0.1, -0.05) is 12.8 Å². The number of nitrogen functional groups attached to an aromatic ring is 1. The van der Waals surface area contributed by atoms with Crippen LogP contribution in [-0.4, -0.2) is 29.6 Å². The lowest BCUT2D eigenvalue weighted by molar-refractivity contribution is 0.429. The van der Waals surface area contributed by atoms with Crippen molar-refractivity contribution in [3.05, 3.63) is 6.07 Å². The van der Waals surface area contributed by atoms with E-state index in [1.807, 2.05) is 13.1 Å². The summed E-state index contributed by atoms with van der Waals surface area (Å²) in [5.74, 6) is 3.00. The average molecular weight is 261 g/mol. The van der Waals surface area contributed by atoms with Crippen LogP contribution < -0.4 is 16.0 Å². The monoisotopic (exact) mass is 261 g/mol. The summed E-state index contributed by atoms with van der Waals surface area (Å²) in [4.78, 5) is 11.1. The number of nitrogens with zero attached hydrogens (tertiary/aromatic N) is 3. The highest BCUT2D eigenvalue weighted by atomic mass is 15.3. The van der Waals surface area contributed by atoms with Crippen LogP contribution in [0.15, 0.2) is 6.07 Å². The second kappa shape index (κ2) is 5.23. The molecule has 0 amide bonds. The van der Waals surface area contributed by atoms with Crippen LogP contribution in [0.5, 0.6) is 0 Å². The quantitative estimate of drug-likeness (QED) is 0.873. The summed E-state index contributed by atoms with van der Waals surface area (Å²) in [6.07, 6.45) is 8.09. The molecule has 1 atom stereocenters. The van der Waals surface area contributed by atoms with Gasteiger partial charge in [0, 0.05) is 25.7 Å². The molecule has 3 N–H and O–H groups in total. The maximum atomic E-state index is 5.81. The molecule has 2 heterocycles. The third kappa shape index (κ3) is 2.46. The Morgan fingerprint density at radius 3 is 2.74 bits per heavy atom. The Labute approximate surface area is 114 Å². The minimum absolute atomic E-state index is 0.360. The van der Waals surface area contributed by atoms with Crippen LogP contribution in [0.1, 0.15) is 38.5 Å². The Morgan fingerprint density at radius 1 is 1.21 bits per heavy atom. The highest BCUT2D eigenvalue weighted by molar-refractivity contribution is 5.53. The maximum Gasteiger partial charge on any atom is 0.223 e. The van der Waals surface area contributed by atoms with Gasteiger partial charge in [-0.05, 0) is 31.6 Å². The predicted octanol–water partition coefficient (Wildman–Crippen LogP) is 2.26. The van der Waals surface area contributed by atoms with Crippen molar-refractivity contribution >= 4 is 17.6 Å². The van der Waals surface area contributed by atoms with Gasteiger partial charge in [-0.2, -0.15) is 9.97 Å². The zero-order valence-electron chi connectivity index (χ0n) is 11.6. The van der Waals surface area contributed by atoms with E-state index in [0.29, 0.717) is 12.0 Å². The third-order valence-corrected chi connectivity index (χ3v) is 4.52. The lowest BCUT2D eigenvalue weighted by Gasteiger charge is -2.30. The Morgan fingerprint density at radius 2 is 2.00 bits per heavy atom. The number of nitrogens with two attached hydrogens (primary N) is 1. The number of hydrogen-bond donors (Lipinski definition) is 2. The lowest BCUT2D eigenvalue weighted by atomic mass is 9.96. The van der Waals surface area contributed by atoms with Crippen molar-refractivity contribution in [2.75, 3.05) is 29.5 Å². The van der Waals surface area contributed by atoms with Crippen LogP contribution in [0.3, 0.4) is 0 Å². The van der Waals surface area contributed by atoms with Crippen molar-refractivity contribution in [3.63, 3.8) is 0 Å². The number of anilines is 3. The normalized spacial score (nSPS) is 24.1. The summed E-state index contributed by atoms with van der Waals surface area (Å²) in [6, 6.07) is 2.67. The molecule has 5 heteroatoms. The van der Waals surface area contributed by atoms with E-state index in [-0.39, 0.29) is 0 Å². The molecule has 2 fully saturated rings. The van der Waals surface area contributed by atoms with Gasteiger partial charge in [-0.25, -0.2) is 0 Å². The molecular formula is C14H23N5. The van der Waals surface area contributed by atoms with Crippen LogP contribution in [0.2, 0.25) is 0 Å². The van der Waals surface area contributed by atoms with Crippen LogP contribution in [0.4, 0.5) is 17.6 Å². The van der Waals surface area contributed by atoms with Crippen LogP contribution in [-0.2, 0) is 0 Å². The minimum Gasteiger partial charge on any atom is -0.373 e. The summed E-state index contributed by atoms with van der Waals surface area (Å²) in [5, 5.41) is 3.06. The molecule has 0 spiro atoms. The second-order valence-electron chi connectivity index (χ2n) is 5.67. The smallest absolute Gasteiger partial charge is 0.223 e. The summed E-state index contributed by atoms with van der Waals surface area (Å²) in [7, 11) is 1.87. The van der Waals surface area contributed by atoms with E-state index >= 15 is 0 Å². The first-order valence-electron chi connectivity index (χ1n) is 7.37. The molecule has 0 aromatic carbocycles. The molecule has 1 aliphatic carbocycles. The first-order chi connectivity index (χ1) is 9.28. The zero-order valence-corrected chi connectivity index (χ0v) is 11.6.